The fourth-order valence-corrected chi connectivity index (χ4v) is 3.99. The van der Waals surface area contributed by atoms with E-state index < -0.39 is 5.54 Å². The summed E-state index contributed by atoms with van der Waals surface area (Å²) >= 11 is 0. The maximum atomic E-state index is 5.18. The third-order valence-corrected chi connectivity index (χ3v) is 5.17. The van der Waals surface area contributed by atoms with E-state index in [4.69, 9.17) is 9.78 Å². The maximum Gasteiger partial charge on any atom is 0.0981 e. The molecule has 0 atom stereocenters. The van der Waals surface area contributed by atoms with Crippen molar-refractivity contribution in [3.63, 3.8) is 0 Å². The van der Waals surface area contributed by atoms with Crippen LogP contribution in [0.4, 0.5) is 0 Å². The van der Waals surface area contributed by atoms with Gasteiger partial charge in [-0.25, -0.2) is 19.6 Å². The molecule has 0 spiro atoms. The average molecular weight is 440 g/mol. The van der Waals surface area contributed by atoms with Crippen molar-refractivity contribution >= 4 is 0 Å². The molecule has 0 radical (unpaired) electrons. The van der Waals surface area contributed by atoms with E-state index in [0.29, 0.717) is 13.1 Å². The van der Waals surface area contributed by atoms with Gasteiger partial charge in [-0.2, -0.15) is 0 Å². The van der Waals surface area contributed by atoms with Crippen molar-refractivity contribution in [2.75, 3.05) is 40.5 Å². The Bertz CT molecular complexity index is 770. The zero-order chi connectivity index (χ0) is 22.5. The summed E-state index contributed by atoms with van der Waals surface area (Å²) in [7, 11) is 2.80. The molecule has 7 nitrogen and oxygen atoms in total. The Morgan fingerprint density at radius 2 is 0.906 bits per heavy atom. The van der Waals surface area contributed by atoms with Gasteiger partial charge >= 0.3 is 0 Å². The van der Waals surface area contributed by atoms with E-state index in [-0.39, 0.29) is 13.2 Å². The standard InChI is InChI=1S/C25H29NO6/c1-27-31-29-20-18-26(19-21-30-32-28-2)25(22-12-6-3-7-13-22,23-14-8-4-9-15-23)24-16-10-5-11-17-24/h3-17H,18-21H2,1-2H3. The fourth-order valence-electron chi connectivity index (χ4n) is 3.99. The van der Waals surface area contributed by atoms with Gasteiger partial charge in [0, 0.05) is 13.1 Å². The largest absolute Gasteiger partial charge is 0.281 e. The van der Waals surface area contributed by atoms with Crippen molar-refractivity contribution in [1.82, 2.24) is 4.90 Å². The highest BCUT2D eigenvalue weighted by Gasteiger charge is 2.41. The normalized spacial score (nSPS) is 11.7. The third kappa shape index (κ3) is 5.79. The summed E-state index contributed by atoms with van der Waals surface area (Å²) in [6, 6.07) is 31.1. The van der Waals surface area contributed by atoms with Crippen LogP contribution in [0.1, 0.15) is 16.7 Å². The smallest absolute Gasteiger partial charge is 0.0981 e. The summed E-state index contributed by atoms with van der Waals surface area (Å²) in [4.78, 5) is 21.8. The SMILES string of the molecule is COOOCCN(CCOOOC)C(c1ccccc1)(c1ccccc1)c1ccccc1. The molecule has 0 bridgehead atoms. The molecule has 3 rings (SSSR count). The van der Waals surface area contributed by atoms with E-state index >= 15 is 0 Å². The van der Waals surface area contributed by atoms with Crippen LogP contribution in [-0.4, -0.2) is 45.4 Å². The maximum absolute atomic E-state index is 5.18. The first-order valence-corrected chi connectivity index (χ1v) is 10.4. The van der Waals surface area contributed by atoms with Gasteiger partial charge < -0.3 is 0 Å². The van der Waals surface area contributed by atoms with Gasteiger partial charge in [-0.05, 0) is 16.7 Å². The van der Waals surface area contributed by atoms with Gasteiger partial charge in [0.15, 0.2) is 0 Å². The van der Waals surface area contributed by atoms with Crippen LogP contribution in [0.5, 0.6) is 0 Å². The molecule has 0 saturated heterocycles. The highest BCUT2D eigenvalue weighted by atomic mass is 17.5. The molecule has 0 saturated carbocycles. The minimum atomic E-state index is -0.628. The van der Waals surface area contributed by atoms with E-state index in [9.17, 15) is 0 Å². The Labute approximate surface area is 188 Å². The van der Waals surface area contributed by atoms with Gasteiger partial charge in [0.25, 0.3) is 0 Å². The highest BCUT2D eigenvalue weighted by Crippen LogP contribution is 2.42. The van der Waals surface area contributed by atoms with Crippen molar-refractivity contribution in [3.05, 3.63) is 108 Å². The summed E-state index contributed by atoms with van der Waals surface area (Å²) < 4.78 is 0. The molecule has 170 valence electrons. The molecule has 3 aromatic rings. The lowest BCUT2D eigenvalue weighted by atomic mass is 9.75. The van der Waals surface area contributed by atoms with Crippen LogP contribution < -0.4 is 0 Å². The molecule has 0 unspecified atom stereocenters. The van der Waals surface area contributed by atoms with Crippen LogP contribution in [0.15, 0.2) is 91.0 Å². The second-order valence-electron chi connectivity index (χ2n) is 6.91. The van der Waals surface area contributed by atoms with Crippen LogP contribution in [0.3, 0.4) is 0 Å². The van der Waals surface area contributed by atoms with Crippen LogP contribution in [0.2, 0.25) is 0 Å². The average Bonchev–Trinajstić information content (AvgIpc) is 2.86. The molecule has 0 heterocycles. The summed E-state index contributed by atoms with van der Waals surface area (Å²) in [5.41, 5.74) is 2.70. The minimum absolute atomic E-state index is 0.271. The summed E-state index contributed by atoms with van der Waals surface area (Å²) in [6.07, 6.45) is 0. The molecule has 0 amide bonds. The molecular formula is C25H29NO6. The quantitative estimate of drug-likeness (QED) is 0.161. The lowest BCUT2D eigenvalue weighted by Crippen LogP contribution is -2.50. The third-order valence-electron chi connectivity index (χ3n) is 5.17. The van der Waals surface area contributed by atoms with Gasteiger partial charge in [0.1, 0.15) is 0 Å². The lowest BCUT2D eigenvalue weighted by Gasteiger charge is -2.45. The number of benzene rings is 3. The van der Waals surface area contributed by atoms with E-state index in [0.717, 1.165) is 16.7 Å². The molecule has 3 aromatic carbocycles. The van der Waals surface area contributed by atoms with E-state index in [2.05, 4.69) is 61.1 Å². The fraction of sp³-hybridized carbons (Fsp3) is 0.280. The molecule has 0 aromatic heterocycles. The lowest BCUT2D eigenvalue weighted by molar-refractivity contribution is -0.504. The first-order valence-electron chi connectivity index (χ1n) is 10.4. The first-order chi connectivity index (χ1) is 15.8. The van der Waals surface area contributed by atoms with Crippen molar-refractivity contribution in [3.8, 4) is 0 Å². The van der Waals surface area contributed by atoms with Crippen LogP contribution in [-0.2, 0) is 35.2 Å². The van der Waals surface area contributed by atoms with Gasteiger partial charge in [0.2, 0.25) is 0 Å². The van der Waals surface area contributed by atoms with Crippen LogP contribution in [0.25, 0.3) is 0 Å². The van der Waals surface area contributed by atoms with Crippen LogP contribution >= 0.6 is 0 Å². The Kier molecular flexibility index (Phi) is 9.80. The van der Waals surface area contributed by atoms with Crippen molar-refractivity contribution in [2.24, 2.45) is 0 Å². The van der Waals surface area contributed by atoms with Gasteiger partial charge in [-0.3, -0.25) is 4.90 Å². The number of nitrogens with zero attached hydrogens (tertiary/aromatic N) is 1. The van der Waals surface area contributed by atoms with E-state index in [1.54, 1.807) is 0 Å². The minimum Gasteiger partial charge on any atom is -0.281 e. The van der Waals surface area contributed by atoms with Crippen molar-refractivity contribution in [1.29, 1.82) is 0 Å². The van der Waals surface area contributed by atoms with Gasteiger partial charge in [0.05, 0.1) is 33.0 Å². The van der Waals surface area contributed by atoms with Crippen molar-refractivity contribution in [2.45, 2.75) is 5.54 Å². The molecule has 0 aliphatic carbocycles. The van der Waals surface area contributed by atoms with Gasteiger partial charge in [-0.15, -0.1) is 0 Å². The Balaban J connectivity index is 2.14. The Morgan fingerprint density at radius 1 is 0.562 bits per heavy atom. The Hall–Kier alpha value is -2.62. The second kappa shape index (κ2) is 13.0. The van der Waals surface area contributed by atoms with E-state index in [1.807, 2.05) is 54.6 Å². The second-order valence-corrected chi connectivity index (χ2v) is 6.91. The van der Waals surface area contributed by atoms with Crippen molar-refractivity contribution < 1.29 is 29.6 Å². The number of rotatable bonds is 14. The summed E-state index contributed by atoms with van der Waals surface area (Å²) in [6.45, 7) is 1.57. The van der Waals surface area contributed by atoms with E-state index in [1.165, 1.54) is 14.2 Å². The monoisotopic (exact) mass is 439 g/mol. The molecule has 0 aliphatic rings. The predicted molar refractivity (Wildman–Crippen MR) is 119 cm³/mol. The molecule has 32 heavy (non-hydrogen) atoms. The zero-order valence-corrected chi connectivity index (χ0v) is 18.4. The first kappa shape index (κ1) is 24.0. The highest BCUT2D eigenvalue weighted by molar-refractivity contribution is 5.49. The zero-order valence-electron chi connectivity index (χ0n) is 18.4. The number of hydrogen-bond acceptors (Lipinski definition) is 7. The predicted octanol–water partition coefficient (Wildman–Crippen LogP) is 4.30. The molecule has 0 aliphatic heterocycles. The molecular weight excluding hydrogens is 410 g/mol. The molecule has 0 N–H and O–H groups in total. The Morgan fingerprint density at radius 3 is 1.22 bits per heavy atom. The molecule has 7 heteroatoms. The van der Waals surface area contributed by atoms with Crippen LogP contribution in [0, 0.1) is 0 Å². The topological polar surface area (TPSA) is 58.6 Å². The van der Waals surface area contributed by atoms with Gasteiger partial charge in [-0.1, -0.05) is 101 Å². The number of hydrogen-bond donors (Lipinski definition) is 0. The molecule has 0 fully saturated rings. The summed E-state index contributed by atoms with van der Waals surface area (Å²) in [5.74, 6) is 0. The summed E-state index contributed by atoms with van der Waals surface area (Å²) in [5, 5.41) is 9.31.